The third-order valence-electron chi connectivity index (χ3n) is 5.76. The lowest BCUT2D eigenvalue weighted by atomic mass is 10.0. The van der Waals surface area contributed by atoms with Gasteiger partial charge in [0.15, 0.2) is 0 Å². The van der Waals surface area contributed by atoms with Crippen LogP contribution in [0.15, 0.2) is 47.6 Å². The first-order valence-electron chi connectivity index (χ1n) is 10.1. The van der Waals surface area contributed by atoms with E-state index in [0.29, 0.717) is 37.5 Å². The number of nitrogens with zero attached hydrogens (tertiary/aromatic N) is 3. The lowest BCUT2D eigenvalue weighted by molar-refractivity contribution is -0.947. The molecular weight excluding hydrogens is 570 g/mol. The van der Waals surface area contributed by atoms with Crippen molar-refractivity contribution in [3.05, 3.63) is 63.1 Å². The Morgan fingerprint density at radius 2 is 1.68 bits per heavy atom. The van der Waals surface area contributed by atoms with Crippen molar-refractivity contribution in [2.45, 2.75) is 31.7 Å². The highest BCUT2D eigenvalue weighted by molar-refractivity contribution is 6.40. The number of hydrogen-bond donors (Lipinski definition) is 1. The van der Waals surface area contributed by atoms with Gasteiger partial charge in [-0.25, -0.2) is 4.59 Å². The molecule has 0 radical (unpaired) electrons. The Balaban J connectivity index is 0.00000272. The molecule has 1 N–H and O–H groups in total. The molecular formula is C22H24Cl3IN4O. The molecule has 2 aromatic carbocycles. The van der Waals surface area contributed by atoms with Crippen molar-refractivity contribution in [1.82, 2.24) is 5.43 Å². The minimum Gasteiger partial charge on any atom is -1.00 e. The molecule has 5 nitrogen and oxygen atoms in total. The number of quaternary nitrogens is 1. The zero-order valence-corrected chi connectivity index (χ0v) is 21.5. The van der Waals surface area contributed by atoms with Gasteiger partial charge in [0.2, 0.25) is 0 Å². The van der Waals surface area contributed by atoms with Gasteiger partial charge in [0.05, 0.1) is 23.8 Å². The number of anilines is 1. The Morgan fingerprint density at radius 1 is 1.03 bits per heavy atom. The van der Waals surface area contributed by atoms with Crippen molar-refractivity contribution < 1.29 is 33.4 Å². The Morgan fingerprint density at radius 3 is 2.32 bits per heavy atom. The number of piperidine rings is 1. The van der Waals surface area contributed by atoms with E-state index in [4.69, 9.17) is 39.9 Å². The van der Waals surface area contributed by atoms with Crippen molar-refractivity contribution in [2.75, 3.05) is 25.1 Å². The summed E-state index contributed by atoms with van der Waals surface area (Å²) in [6.45, 7) is 1.87. The van der Waals surface area contributed by atoms with E-state index in [1.54, 1.807) is 12.1 Å². The summed E-state index contributed by atoms with van der Waals surface area (Å²) < 4.78 is 0.547. The van der Waals surface area contributed by atoms with Gasteiger partial charge in [-0.15, -0.1) is 0 Å². The van der Waals surface area contributed by atoms with Gasteiger partial charge in [0, 0.05) is 16.5 Å². The second-order valence-corrected chi connectivity index (χ2v) is 9.38. The van der Waals surface area contributed by atoms with E-state index in [-0.39, 0.29) is 35.9 Å². The molecule has 0 unspecified atom stereocenters. The number of rotatable bonds is 4. The molecule has 9 heteroatoms. The van der Waals surface area contributed by atoms with Crippen LogP contribution in [0.1, 0.15) is 37.3 Å². The molecule has 2 aliphatic heterocycles. The summed E-state index contributed by atoms with van der Waals surface area (Å²) in [7, 11) is 2.07. The number of amides is 1. The molecule has 2 heterocycles. The zero-order valence-electron chi connectivity index (χ0n) is 17.1. The zero-order chi connectivity index (χ0) is 21.3. The first-order chi connectivity index (χ1) is 14.3. The monoisotopic (exact) mass is 592 g/mol. The van der Waals surface area contributed by atoms with Gasteiger partial charge in [0.1, 0.15) is 18.8 Å². The number of benzene rings is 2. The third-order valence-corrected chi connectivity index (χ3v) is 6.55. The normalized spacial score (nSPS) is 20.1. The summed E-state index contributed by atoms with van der Waals surface area (Å²) in [5.41, 5.74) is 5.39. The van der Waals surface area contributed by atoms with E-state index in [1.165, 1.54) is 6.42 Å². The maximum absolute atomic E-state index is 13.1. The van der Waals surface area contributed by atoms with Gasteiger partial charge in [0.25, 0.3) is 0 Å². The summed E-state index contributed by atoms with van der Waals surface area (Å²) >= 11 is 18.6. The summed E-state index contributed by atoms with van der Waals surface area (Å²) in [5.74, 6) is -0.133. The molecule has 1 atom stereocenters. The molecule has 0 aliphatic carbocycles. The molecule has 2 aliphatic rings. The van der Waals surface area contributed by atoms with Crippen LogP contribution in [0.3, 0.4) is 0 Å². The average Bonchev–Trinajstić information content (AvgIpc) is 3.14. The minimum atomic E-state index is -0.159. The van der Waals surface area contributed by atoms with Crippen molar-refractivity contribution in [3.63, 3.8) is 0 Å². The quantitative estimate of drug-likeness (QED) is 0.438. The lowest BCUT2D eigenvalue weighted by Gasteiger charge is -2.36. The number of carbonyl (C=O) groups is 1. The van der Waals surface area contributed by atoms with Gasteiger partial charge < -0.3 is 24.0 Å². The van der Waals surface area contributed by atoms with Crippen molar-refractivity contribution >= 4 is 52.1 Å². The second kappa shape index (κ2) is 10.3. The second-order valence-electron chi connectivity index (χ2n) is 8.10. The number of halogens is 4. The topological polar surface area (TPSA) is 44.7 Å². The van der Waals surface area contributed by atoms with Crippen LogP contribution < -0.4 is 34.4 Å². The van der Waals surface area contributed by atoms with Crippen LogP contribution in [-0.4, -0.2) is 36.3 Å². The number of hydrazone groups is 1. The molecule has 31 heavy (non-hydrogen) atoms. The Labute approximate surface area is 214 Å². The molecule has 0 saturated carbocycles. The molecule has 1 amide bonds. The van der Waals surface area contributed by atoms with Crippen molar-refractivity contribution in [2.24, 2.45) is 5.10 Å². The molecule has 1 fully saturated rings. The predicted octanol–water partition coefficient (Wildman–Crippen LogP) is 2.62. The molecule has 4 rings (SSSR count). The van der Waals surface area contributed by atoms with Gasteiger partial charge in [-0.1, -0.05) is 46.9 Å². The Hall–Kier alpha value is -1.06. The van der Waals surface area contributed by atoms with E-state index in [0.717, 1.165) is 31.5 Å². The van der Waals surface area contributed by atoms with E-state index in [1.807, 2.05) is 35.3 Å². The highest BCUT2D eigenvalue weighted by Crippen LogP contribution is 2.40. The molecule has 2 aromatic rings. The maximum Gasteiger partial charge on any atom is 0.312 e. The Kier molecular flexibility index (Phi) is 8.13. The third kappa shape index (κ3) is 5.66. The molecule has 0 spiro atoms. The van der Waals surface area contributed by atoms with Crippen molar-refractivity contribution in [3.8, 4) is 0 Å². The first kappa shape index (κ1) is 24.6. The highest BCUT2D eigenvalue weighted by atomic mass is 127. The van der Waals surface area contributed by atoms with Crippen LogP contribution in [0, 0.1) is 0 Å². The van der Waals surface area contributed by atoms with Gasteiger partial charge in [-0.05, 0) is 55.2 Å². The number of carbonyl (C=O) groups excluding carboxylic acids is 1. The van der Waals surface area contributed by atoms with Crippen LogP contribution in [0.5, 0.6) is 0 Å². The molecule has 0 bridgehead atoms. The smallest absolute Gasteiger partial charge is 0.312 e. The predicted molar refractivity (Wildman–Crippen MR) is 123 cm³/mol. The SMILES string of the molecule is C[N+]1(NC(=O)C2=NN(c3ccc(Cl)cc3Cl)[C@@H](c3ccc(Cl)cc3)C2)CCCCC1.[I-]. The maximum atomic E-state index is 13.1. The van der Waals surface area contributed by atoms with E-state index in [9.17, 15) is 4.79 Å². The first-order valence-corrected chi connectivity index (χ1v) is 11.2. The highest BCUT2D eigenvalue weighted by Gasteiger charge is 2.36. The standard InChI is InChI=1S/C22H23Cl3N4O.HI/c1-29(11-3-2-4-12-29)27-22(30)19-14-21(15-5-7-16(23)8-6-15)28(26-19)20-10-9-17(24)13-18(20)25;/h5-10,13,21H,2-4,11-12,14H2,1H3;1H/t21-;/m1./s1. The molecule has 1 saturated heterocycles. The average molecular weight is 594 g/mol. The summed E-state index contributed by atoms with van der Waals surface area (Å²) in [6.07, 6.45) is 3.92. The van der Waals surface area contributed by atoms with Gasteiger partial charge in [-0.2, -0.15) is 10.5 Å². The summed E-state index contributed by atoms with van der Waals surface area (Å²) in [5, 5.41) is 8.21. The van der Waals surface area contributed by atoms with Crippen LogP contribution in [0.25, 0.3) is 0 Å². The van der Waals surface area contributed by atoms with Crippen LogP contribution in [0.4, 0.5) is 5.69 Å². The number of hydrogen-bond acceptors (Lipinski definition) is 3. The largest absolute Gasteiger partial charge is 1.00 e. The number of nitrogens with one attached hydrogen (secondary N) is 1. The summed E-state index contributed by atoms with van der Waals surface area (Å²) in [4.78, 5) is 13.1. The molecule has 166 valence electrons. The Bertz CT molecular complexity index is 977. The van der Waals surface area contributed by atoms with Gasteiger partial charge in [-0.3, -0.25) is 9.80 Å². The van der Waals surface area contributed by atoms with Crippen molar-refractivity contribution in [1.29, 1.82) is 0 Å². The minimum absolute atomic E-state index is 0. The lowest BCUT2D eigenvalue weighted by Crippen LogP contribution is -3.00. The number of likely N-dealkylation sites (tertiary alicyclic amines) is 1. The fraction of sp³-hybridized carbons (Fsp3) is 0.364. The molecule has 0 aromatic heterocycles. The van der Waals surface area contributed by atoms with E-state index >= 15 is 0 Å². The van der Waals surface area contributed by atoms with Gasteiger partial charge >= 0.3 is 5.91 Å². The van der Waals surface area contributed by atoms with Crippen LogP contribution in [0.2, 0.25) is 15.1 Å². The van der Waals surface area contributed by atoms with E-state index in [2.05, 4.69) is 12.5 Å². The fourth-order valence-corrected chi connectivity index (χ4v) is 4.73. The fourth-order valence-electron chi connectivity index (χ4n) is 4.11. The summed E-state index contributed by atoms with van der Waals surface area (Å²) in [6, 6.07) is 12.7. The van der Waals surface area contributed by atoms with Crippen LogP contribution in [-0.2, 0) is 4.79 Å². The van der Waals surface area contributed by atoms with E-state index < -0.39 is 0 Å². The van der Waals surface area contributed by atoms with Crippen LogP contribution >= 0.6 is 34.8 Å².